The van der Waals surface area contributed by atoms with Crippen LogP contribution in [0.25, 0.3) is 11.4 Å². The summed E-state index contributed by atoms with van der Waals surface area (Å²) in [6.07, 6.45) is 1.76. The molecule has 3 rings (SSSR count). The molecule has 0 aliphatic heterocycles. The lowest BCUT2D eigenvalue weighted by atomic mass is 10.2. The van der Waals surface area contributed by atoms with Gasteiger partial charge in [0.1, 0.15) is 5.75 Å². The second-order valence-electron chi connectivity index (χ2n) is 4.40. The number of rotatable bonds is 3. The van der Waals surface area contributed by atoms with E-state index in [1.54, 1.807) is 46.5 Å². The van der Waals surface area contributed by atoms with Gasteiger partial charge in [0.05, 0.1) is 6.21 Å². The van der Waals surface area contributed by atoms with Crippen LogP contribution in [0.5, 0.6) is 5.75 Å². The van der Waals surface area contributed by atoms with Gasteiger partial charge in [-0.15, -0.1) is 11.3 Å². The maximum Gasteiger partial charge on any atom is 0.216 e. The summed E-state index contributed by atoms with van der Waals surface area (Å²) in [6, 6.07) is 10.8. The molecule has 3 aromatic rings. The molecule has 2 N–H and O–H groups in total. The number of H-pyrrole nitrogens is 1. The fourth-order valence-corrected chi connectivity index (χ4v) is 2.76. The molecule has 2 aromatic heterocycles. The fourth-order valence-electron chi connectivity index (χ4n) is 1.83. The van der Waals surface area contributed by atoms with E-state index in [1.165, 1.54) is 4.88 Å². The van der Waals surface area contributed by atoms with Gasteiger partial charge in [0.15, 0.2) is 5.82 Å². The molecule has 5 nitrogen and oxygen atoms in total. The number of aromatic nitrogens is 3. The minimum atomic E-state index is 0.206. The van der Waals surface area contributed by atoms with Crippen molar-refractivity contribution >= 4 is 29.8 Å². The summed E-state index contributed by atoms with van der Waals surface area (Å²) in [5.41, 5.74) is 0.819. The molecule has 0 unspecified atom stereocenters. The number of nitrogens with zero attached hydrogens (tertiary/aromatic N) is 3. The Morgan fingerprint density at radius 1 is 1.29 bits per heavy atom. The van der Waals surface area contributed by atoms with E-state index >= 15 is 0 Å². The normalized spacial score (nSPS) is 11.3. The highest BCUT2D eigenvalue weighted by Crippen LogP contribution is 2.20. The van der Waals surface area contributed by atoms with Crippen molar-refractivity contribution in [3.8, 4) is 17.1 Å². The van der Waals surface area contributed by atoms with Crippen LogP contribution in [0.2, 0.25) is 0 Å². The van der Waals surface area contributed by atoms with Crippen molar-refractivity contribution in [3.05, 3.63) is 50.9 Å². The molecule has 0 bridgehead atoms. The standard InChI is InChI=1S/C14H12N4OS2/c1-9-2-7-12(21-9)8-15-18-13(16-17-14(18)20)10-3-5-11(19)6-4-10/h2-8,19H,1H3,(H,17,20)/b15-8-. The Morgan fingerprint density at radius 2 is 2.05 bits per heavy atom. The Morgan fingerprint density at radius 3 is 2.71 bits per heavy atom. The monoisotopic (exact) mass is 316 g/mol. The molecule has 21 heavy (non-hydrogen) atoms. The minimum absolute atomic E-state index is 0.206. The number of phenolic OH excluding ortho intramolecular Hbond substituents is 1. The van der Waals surface area contributed by atoms with Gasteiger partial charge >= 0.3 is 0 Å². The van der Waals surface area contributed by atoms with Gasteiger partial charge in [-0.3, -0.25) is 0 Å². The highest BCUT2D eigenvalue weighted by atomic mass is 32.1. The van der Waals surface area contributed by atoms with Gasteiger partial charge in [0, 0.05) is 15.3 Å². The van der Waals surface area contributed by atoms with Crippen molar-refractivity contribution < 1.29 is 5.11 Å². The van der Waals surface area contributed by atoms with E-state index in [0.717, 1.165) is 10.4 Å². The highest BCUT2D eigenvalue weighted by molar-refractivity contribution is 7.71. The van der Waals surface area contributed by atoms with Crippen LogP contribution in [0, 0.1) is 11.7 Å². The van der Waals surface area contributed by atoms with E-state index < -0.39 is 0 Å². The summed E-state index contributed by atoms with van der Waals surface area (Å²) in [7, 11) is 0. The Labute approximate surface area is 130 Å². The quantitative estimate of drug-likeness (QED) is 0.573. The van der Waals surface area contributed by atoms with Gasteiger partial charge < -0.3 is 5.11 Å². The Hall–Kier alpha value is -2.25. The smallest absolute Gasteiger partial charge is 0.216 e. The predicted octanol–water partition coefficient (Wildman–Crippen LogP) is 3.57. The molecule has 1 aromatic carbocycles. The summed E-state index contributed by atoms with van der Waals surface area (Å²) in [5.74, 6) is 0.807. The van der Waals surface area contributed by atoms with E-state index in [4.69, 9.17) is 12.2 Å². The average molecular weight is 316 g/mol. The number of benzene rings is 1. The Balaban J connectivity index is 1.99. The van der Waals surface area contributed by atoms with E-state index in [1.807, 2.05) is 19.1 Å². The summed E-state index contributed by atoms with van der Waals surface area (Å²) in [6.45, 7) is 2.05. The second kappa shape index (κ2) is 5.63. The first-order chi connectivity index (χ1) is 10.1. The van der Waals surface area contributed by atoms with Crippen molar-refractivity contribution in [1.29, 1.82) is 0 Å². The Kier molecular flexibility index (Phi) is 3.68. The lowest BCUT2D eigenvalue weighted by molar-refractivity contribution is 0.475. The van der Waals surface area contributed by atoms with Crippen molar-refractivity contribution in [2.45, 2.75) is 6.92 Å². The first-order valence-corrected chi connectivity index (χ1v) is 7.43. The molecule has 7 heteroatoms. The van der Waals surface area contributed by atoms with Gasteiger partial charge in [-0.25, -0.2) is 5.10 Å². The second-order valence-corrected chi connectivity index (χ2v) is 6.11. The molecular weight excluding hydrogens is 304 g/mol. The molecule has 2 heterocycles. The van der Waals surface area contributed by atoms with Crippen molar-refractivity contribution in [2.75, 3.05) is 0 Å². The molecule has 0 aliphatic carbocycles. The molecule has 0 saturated heterocycles. The number of phenols is 1. The van der Waals surface area contributed by atoms with Crippen LogP contribution in [-0.2, 0) is 0 Å². The first kappa shape index (κ1) is 13.7. The molecule has 0 fully saturated rings. The van der Waals surface area contributed by atoms with Crippen LogP contribution in [0.1, 0.15) is 9.75 Å². The summed E-state index contributed by atoms with van der Waals surface area (Å²) < 4.78 is 1.99. The number of thiophene rings is 1. The largest absolute Gasteiger partial charge is 0.508 e. The molecule has 0 amide bonds. The highest BCUT2D eigenvalue weighted by Gasteiger charge is 2.08. The maximum atomic E-state index is 9.35. The predicted molar refractivity (Wildman–Crippen MR) is 86.6 cm³/mol. The zero-order chi connectivity index (χ0) is 14.8. The number of hydrogen-bond donors (Lipinski definition) is 2. The van der Waals surface area contributed by atoms with Crippen molar-refractivity contribution in [3.63, 3.8) is 0 Å². The molecule has 0 spiro atoms. The fraction of sp³-hybridized carbons (Fsp3) is 0.0714. The number of hydrogen-bond acceptors (Lipinski definition) is 5. The SMILES string of the molecule is Cc1ccc(/C=N\n2c(-c3ccc(O)cc3)n[nH]c2=S)s1. The summed E-state index contributed by atoms with van der Waals surface area (Å²) >= 11 is 6.86. The van der Waals surface area contributed by atoms with Crippen LogP contribution in [0.15, 0.2) is 41.5 Å². The third kappa shape index (κ3) is 2.93. The summed E-state index contributed by atoms with van der Waals surface area (Å²) in [5, 5.41) is 20.7. The molecule has 0 aliphatic rings. The number of aryl methyl sites for hydroxylation is 1. The van der Waals surface area contributed by atoms with Crippen LogP contribution in [0.4, 0.5) is 0 Å². The Bertz CT molecular complexity index is 842. The van der Waals surface area contributed by atoms with Gasteiger partial charge in [-0.1, -0.05) is 0 Å². The van der Waals surface area contributed by atoms with Crippen LogP contribution >= 0.6 is 23.6 Å². The van der Waals surface area contributed by atoms with Gasteiger partial charge in [0.2, 0.25) is 4.77 Å². The third-order valence-electron chi connectivity index (χ3n) is 2.84. The van der Waals surface area contributed by atoms with E-state index in [2.05, 4.69) is 15.3 Å². The zero-order valence-electron chi connectivity index (χ0n) is 11.1. The van der Waals surface area contributed by atoms with E-state index in [9.17, 15) is 5.11 Å². The topological polar surface area (TPSA) is 66.2 Å². The number of nitrogens with one attached hydrogen (secondary N) is 1. The molecule has 106 valence electrons. The molecule has 0 saturated carbocycles. The molecular formula is C14H12N4OS2. The minimum Gasteiger partial charge on any atom is -0.508 e. The van der Waals surface area contributed by atoms with E-state index in [-0.39, 0.29) is 5.75 Å². The van der Waals surface area contributed by atoms with Crippen LogP contribution in [0.3, 0.4) is 0 Å². The first-order valence-electron chi connectivity index (χ1n) is 6.21. The van der Waals surface area contributed by atoms with Crippen molar-refractivity contribution in [1.82, 2.24) is 14.9 Å². The van der Waals surface area contributed by atoms with Gasteiger partial charge in [-0.05, 0) is 55.5 Å². The van der Waals surface area contributed by atoms with Gasteiger partial charge in [-0.2, -0.15) is 14.9 Å². The third-order valence-corrected chi connectivity index (χ3v) is 4.04. The van der Waals surface area contributed by atoms with Gasteiger partial charge in [0.25, 0.3) is 0 Å². The maximum absolute atomic E-state index is 9.35. The van der Waals surface area contributed by atoms with Crippen molar-refractivity contribution in [2.24, 2.45) is 5.10 Å². The van der Waals surface area contributed by atoms with Crippen LogP contribution < -0.4 is 0 Å². The lowest BCUT2D eigenvalue weighted by Crippen LogP contribution is -1.94. The number of aromatic amines is 1. The average Bonchev–Trinajstić information content (AvgIpc) is 3.04. The zero-order valence-corrected chi connectivity index (χ0v) is 12.8. The molecule has 0 radical (unpaired) electrons. The van der Waals surface area contributed by atoms with E-state index in [0.29, 0.717) is 10.6 Å². The number of aromatic hydroxyl groups is 1. The molecule has 0 atom stereocenters. The summed E-state index contributed by atoms with van der Waals surface area (Å²) in [4.78, 5) is 2.28. The lowest BCUT2D eigenvalue weighted by Gasteiger charge is -2.00. The van der Waals surface area contributed by atoms with Crippen LogP contribution in [-0.4, -0.2) is 26.2 Å².